The second-order valence-electron chi connectivity index (χ2n) is 15.2. The van der Waals surface area contributed by atoms with Crippen LogP contribution >= 0.6 is 0 Å². The van der Waals surface area contributed by atoms with Crippen LogP contribution in [0.25, 0.3) is 77.5 Å². The first kappa shape index (κ1) is 35.2. The Labute approximate surface area is 350 Å². The molecule has 0 N–H and O–H groups in total. The molecule has 2 heteroatoms. The highest BCUT2D eigenvalue weighted by Crippen LogP contribution is 2.55. The number of para-hydroxylation sites is 1. The van der Waals surface area contributed by atoms with Gasteiger partial charge in [0, 0.05) is 28.1 Å². The Balaban J connectivity index is 1.06. The monoisotopic (exact) mass is 765 g/mol. The molecular weight excluding hydrogens is 727 g/mol. The smallest absolute Gasteiger partial charge is 0.143 e. The molecule has 0 unspecified atom stereocenters. The van der Waals surface area contributed by atoms with Crippen molar-refractivity contribution < 1.29 is 4.74 Å². The Morgan fingerprint density at radius 1 is 0.283 bits per heavy atom. The highest BCUT2D eigenvalue weighted by Gasteiger charge is 2.28. The third-order valence-corrected chi connectivity index (χ3v) is 11.7. The molecule has 0 bridgehead atoms. The van der Waals surface area contributed by atoms with Crippen LogP contribution in [0.3, 0.4) is 0 Å². The van der Waals surface area contributed by atoms with E-state index in [1.165, 1.54) is 38.6 Å². The molecule has 0 aromatic heterocycles. The maximum absolute atomic E-state index is 7.25. The van der Waals surface area contributed by atoms with Gasteiger partial charge in [-0.1, -0.05) is 200 Å². The maximum Gasteiger partial charge on any atom is 0.143 e. The topological polar surface area (TPSA) is 12.5 Å². The zero-order valence-electron chi connectivity index (χ0n) is 32.9. The molecule has 1 aliphatic rings. The lowest BCUT2D eigenvalue weighted by atomic mass is 9.90. The zero-order valence-corrected chi connectivity index (χ0v) is 32.9. The van der Waals surface area contributed by atoms with Crippen molar-refractivity contribution in [2.75, 3.05) is 4.90 Å². The van der Waals surface area contributed by atoms with Gasteiger partial charge in [0.15, 0.2) is 0 Å². The van der Waals surface area contributed by atoms with Gasteiger partial charge in [-0.05, 0) is 97.2 Å². The minimum Gasteiger partial charge on any atom is -0.455 e. The molecule has 10 aromatic rings. The van der Waals surface area contributed by atoms with E-state index >= 15 is 0 Å². The lowest BCUT2D eigenvalue weighted by Gasteiger charge is -2.29. The van der Waals surface area contributed by atoms with Crippen molar-refractivity contribution in [3.05, 3.63) is 237 Å². The summed E-state index contributed by atoms with van der Waals surface area (Å²) in [5.41, 5.74) is 16.9. The number of nitrogens with zero attached hydrogens (tertiary/aromatic N) is 1. The predicted molar refractivity (Wildman–Crippen MR) is 251 cm³/mol. The van der Waals surface area contributed by atoms with Gasteiger partial charge in [0.2, 0.25) is 0 Å². The van der Waals surface area contributed by atoms with Crippen LogP contribution in [0.5, 0.6) is 11.5 Å². The maximum atomic E-state index is 7.25. The van der Waals surface area contributed by atoms with Crippen molar-refractivity contribution in [3.63, 3.8) is 0 Å². The summed E-state index contributed by atoms with van der Waals surface area (Å²) in [4.78, 5) is 2.37. The zero-order chi connectivity index (χ0) is 39.8. The van der Waals surface area contributed by atoms with Crippen LogP contribution in [0.15, 0.2) is 237 Å². The molecule has 0 atom stereocenters. The molecule has 0 saturated heterocycles. The Bertz CT molecular complexity index is 3130. The third kappa shape index (κ3) is 6.32. The van der Waals surface area contributed by atoms with Gasteiger partial charge < -0.3 is 9.64 Å². The SMILES string of the molecule is c1ccc(-c2ccc(-c3ccc(N(c4ccc(-c5ccccc5)cc4)c4cccc5c4-c4ccccc4-c4cccc(-c6cccc7ccccc67)c4O5)cc3)cc2)cc1. The summed E-state index contributed by atoms with van der Waals surface area (Å²) in [5.74, 6) is 1.67. The quantitative estimate of drug-likeness (QED) is 0.160. The van der Waals surface area contributed by atoms with E-state index in [0.29, 0.717) is 0 Å². The van der Waals surface area contributed by atoms with Crippen LogP contribution in [0.4, 0.5) is 17.1 Å². The summed E-state index contributed by atoms with van der Waals surface area (Å²) >= 11 is 0. The first-order chi connectivity index (χ1) is 29.8. The molecule has 282 valence electrons. The minimum absolute atomic E-state index is 0.812. The molecule has 0 fully saturated rings. The fourth-order valence-corrected chi connectivity index (χ4v) is 8.79. The number of fused-ring (bicyclic) bond motifs is 6. The van der Waals surface area contributed by atoms with E-state index in [1.54, 1.807) is 0 Å². The van der Waals surface area contributed by atoms with Gasteiger partial charge in [-0.2, -0.15) is 0 Å². The number of rotatable bonds is 7. The fraction of sp³-hybridized carbons (Fsp3) is 0. The van der Waals surface area contributed by atoms with Crippen LogP contribution in [0.1, 0.15) is 0 Å². The molecule has 60 heavy (non-hydrogen) atoms. The van der Waals surface area contributed by atoms with E-state index in [9.17, 15) is 0 Å². The van der Waals surface area contributed by atoms with Crippen molar-refractivity contribution in [2.45, 2.75) is 0 Å². The van der Waals surface area contributed by atoms with Crippen LogP contribution < -0.4 is 9.64 Å². The van der Waals surface area contributed by atoms with Gasteiger partial charge in [-0.25, -0.2) is 0 Å². The number of ether oxygens (including phenoxy) is 1. The van der Waals surface area contributed by atoms with E-state index in [0.717, 1.165) is 67.5 Å². The van der Waals surface area contributed by atoms with Gasteiger partial charge in [0.05, 0.1) is 5.69 Å². The Morgan fingerprint density at radius 2 is 0.700 bits per heavy atom. The molecule has 0 spiro atoms. The summed E-state index contributed by atoms with van der Waals surface area (Å²) in [6.45, 7) is 0. The van der Waals surface area contributed by atoms with Gasteiger partial charge in [0.25, 0.3) is 0 Å². The molecule has 11 rings (SSSR count). The summed E-state index contributed by atoms with van der Waals surface area (Å²) in [6.07, 6.45) is 0. The molecule has 1 aliphatic heterocycles. The van der Waals surface area contributed by atoms with Crippen LogP contribution in [-0.2, 0) is 0 Å². The molecule has 0 saturated carbocycles. The van der Waals surface area contributed by atoms with Gasteiger partial charge in [0.1, 0.15) is 11.5 Å². The second kappa shape index (κ2) is 15.1. The highest BCUT2D eigenvalue weighted by atomic mass is 16.5. The van der Waals surface area contributed by atoms with Crippen LogP contribution in [0, 0.1) is 0 Å². The van der Waals surface area contributed by atoms with Crippen LogP contribution in [-0.4, -0.2) is 0 Å². The predicted octanol–water partition coefficient (Wildman–Crippen LogP) is 16.4. The van der Waals surface area contributed by atoms with Gasteiger partial charge in [-0.3, -0.25) is 0 Å². The Kier molecular flexibility index (Phi) is 8.87. The van der Waals surface area contributed by atoms with Crippen LogP contribution in [0.2, 0.25) is 0 Å². The van der Waals surface area contributed by atoms with Crippen molar-refractivity contribution in [3.8, 4) is 78.3 Å². The summed E-state index contributed by atoms with van der Waals surface area (Å²) in [6, 6.07) is 84.6. The molecule has 0 radical (unpaired) electrons. The standard InChI is InChI=1S/C58H39NO/c1-3-14-40(15-4-1)42-28-30-43(31-29-42)45-34-38-48(39-35-45)59(47-36-32-44(33-37-47)41-16-5-2-6-17-41)55-26-13-27-56-57(55)52-22-10-9-21-51(52)54-25-12-24-53(58(54)60-56)50-23-11-19-46-18-7-8-20-49(46)50/h1-39H. The minimum atomic E-state index is 0.812. The normalized spacial score (nSPS) is 11.5. The average Bonchev–Trinajstić information content (AvgIpc) is 3.47. The van der Waals surface area contributed by atoms with Crippen molar-refractivity contribution in [2.24, 2.45) is 0 Å². The van der Waals surface area contributed by atoms with Gasteiger partial charge in [-0.15, -0.1) is 0 Å². The number of anilines is 3. The van der Waals surface area contributed by atoms with E-state index in [1.807, 2.05) is 0 Å². The molecule has 0 amide bonds. The Morgan fingerprint density at radius 3 is 1.32 bits per heavy atom. The molecule has 10 aromatic carbocycles. The first-order valence-electron chi connectivity index (χ1n) is 20.5. The van der Waals surface area contributed by atoms with Crippen molar-refractivity contribution >= 4 is 27.8 Å². The largest absolute Gasteiger partial charge is 0.455 e. The lowest BCUT2D eigenvalue weighted by molar-refractivity contribution is 0.489. The first-order valence-corrected chi connectivity index (χ1v) is 20.5. The van der Waals surface area contributed by atoms with Crippen molar-refractivity contribution in [1.82, 2.24) is 0 Å². The number of hydrogen-bond acceptors (Lipinski definition) is 2. The lowest BCUT2D eigenvalue weighted by Crippen LogP contribution is -2.11. The van der Waals surface area contributed by atoms with E-state index in [4.69, 9.17) is 4.74 Å². The van der Waals surface area contributed by atoms with E-state index < -0.39 is 0 Å². The van der Waals surface area contributed by atoms with Gasteiger partial charge >= 0.3 is 0 Å². The molecular formula is C58H39NO. The summed E-state index contributed by atoms with van der Waals surface area (Å²) in [7, 11) is 0. The van der Waals surface area contributed by atoms with E-state index in [-0.39, 0.29) is 0 Å². The molecule has 1 heterocycles. The fourth-order valence-electron chi connectivity index (χ4n) is 8.79. The molecule has 0 aliphatic carbocycles. The van der Waals surface area contributed by atoms with Crippen molar-refractivity contribution in [1.29, 1.82) is 0 Å². The molecule has 2 nitrogen and oxygen atoms in total. The highest BCUT2D eigenvalue weighted by molar-refractivity contribution is 6.03. The second-order valence-corrected chi connectivity index (χ2v) is 15.2. The summed E-state index contributed by atoms with van der Waals surface area (Å²) in [5, 5.41) is 2.40. The third-order valence-electron chi connectivity index (χ3n) is 11.7. The summed E-state index contributed by atoms with van der Waals surface area (Å²) < 4.78 is 7.25. The van der Waals surface area contributed by atoms with E-state index in [2.05, 4.69) is 241 Å². The number of hydrogen-bond donors (Lipinski definition) is 0. The average molecular weight is 766 g/mol. The Hall–Kier alpha value is -7.94. The number of benzene rings is 10.